The van der Waals surface area contributed by atoms with Gasteiger partial charge in [-0.1, -0.05) is 42.5 Å². The van der Waals surface area contributed by atoms with Gasteiger partial charge in [0, 0.05) is 26.0 Å². The summed E-state index contributed by atoms with van der Waals surface area (Å²) in [5.41, 5.74) is 5.21. The first-order valence-electron chi connectivity index (χ1n) is 10.8. The van der Waals surface area contributed by atoms with Crippen LogP contribution in [0.5, 0.6) is 5.75 Å². The van der Waals surface area contributed by atoms with Crippen molar-refractivity contribution >= 4 is 16.6 Å². The van der Waals surface area contributed by atoms with Crippen molar-refractivity contribution in [1.29, 1.82) is 0 Å². The van der Waals surface area contributed by atoms with Crippen LogP contribution in [0.4, 0.5) is 0 Å². The molecular weight excluding hydrogens is 416 g/mol. The lowest BCUT2D eigenvalue weighted by Crippen LogP contribution is -2.21. The molecule has 0 aliphatic carbocycles. The van der Waals surface area contributed by atoms with E-state index in [4.69, 9.17) is 14.6 Å². The van der Waals surface area contributed by atoms with Gasteiger partial charge in [-0.15, -0.1) is 0 Å². The maximum Gasteiger partial charge on any atom is 0.261 e. The van der Waals surface area contributed by atoms with Gasteiger partial charge in [-0.25, -0.2) is 9.50 Å². The number of hydrogen-bond donors (Lipinski definition) is 0. The van der Waals surface area contributed by atoms with Crippen LogP contribution < -0.4 is 10.3 Å². The number of benzene rings is 2. The smallest absolute Gasteiger partial charge is 0.261 e. The number of methoxy groups -OCH3 is 2. The van der Waals surface area contributed by atoms with Crippen molar-refractivity contribution in [2.45, 2.75) is 19.6 Å². The van der Waals surface area contributed by atoms with Gasteiger partial charge in [-0.3, -0.25) is 4.79 Å². The van der Waals surface area contributed by atoms with Crippen molar-refractivity contribution in [3.8, 4) is 16.9 Å². The van der Waals surface area contributed by atoms with Crippen LogP contribution in [0.15, 0.2) is 77.9 Å². The Hall–Kier alpha value is -3.97. The molecule has 0 saturated heterocycles. The van der Waals surface area contributed by atoms with E-state index in [0.29, 0.717) is 24.2 Å². The summed E-state index contributed by atoms with van der Waals surface area (Å²) in [6.45, 7) is 0.927. The first-order valence-corrected chi connectivity index (χ1v) is 10.8. The summed E-state index contributed by atoms with van der Waals surface area (Å²) in [7, 11) is 3.29. The third-order valence-corrected chi connectivity index (χ3v) is 5.80. The molecule has 0 bridgehead atoms. The molecule has 0 radical (unpaired) electrons. The maximum absolute atomic E-state index is 13.2. The Morgan fingerprint density at radius 3 is 2.48 bits per heavy atom. The molecule has 0 unspecified atom stereocenters. The molecule has 5 aromatic rings. The summed E-state index contributed by atoms with van der Waals surface area (Å²) in [4.78, 5) is 17.9. The highest BCUT2D eigenvalue weighted by atomic mass is 16.5. The molecule has 0 N–H and O–H groups in total. The number of aryl methyl sites for hydroxylation is 2. The zero-order valence-electron chi connectivity index (χ0n) is 18.6. The number of rotatable bonds is 7. The lowest BCUT2D eigenvalue weighted by molar-refractivity contribution is 0.181. The van der Waals surface area contributed by atoms with Gasteiger partial charge in [0.1, 0.15) is 5.75 Å². The minimum absolute atomic E-state index is 0.0829. The fourth-order valence-electron chi connectivity index (χ4n) is 4.11. The van der Waals surface area contributed by atoms with Gasteiger partial charge in [0.15, 0.2) is 5.65 Å². The van der Waals surface area contributed by atoms with Crippen LogP contribution in [0.3, 0.4) is 0 Å². The Morgan fingerprint density at radius 1 is 0.970 bits per heavy atom. The molecule has 0 spiro atoms. The topological polar surface area (TPSA) is 70.7 Å². The molecule has 0 aliphatic rings. The SMILES string of the molecule is COCc1nn2c(ncc3c(=O)n(CCc4ccc(OC)cc4)ccc32)c1-c1ccccc1. The molecule has 0 amide bonds. The molecule has 0 saturated carbocycles. The molecular formula is C26H24N4O3. The second-order valence-corrected chi connectivity index (χ2v) is 7.83. The Morgan fingerprint density at radius 2 is 1.76 bits per heavy atom. The normalized spacial score (nSPS) is 11.3. The first-order chi connectivity index (χ1) is 16.2. The van der Waals surface area contributed by atoms with Gasteiger partial charge in [0.2, 0.25) is 0 Å². The molecule has 5 rings (SSSR count). The third kappa shape index (κ3) is 3.87. The van der Waals surface area contributed by atoms with Crippen LogP contribution in [0.25, 0.3) is 27.7 Å². The molecule has 3 aromatic heterocycles. The highest BCUT2D eigenvalue weighted by molar-refractivity contribution is 5.86. The van der Waals surface area contributed by atoms with Crippen molar-refractivity contribution < 1.29 is 9.47 Å². The van der Waals surface area contributed by atoms with Crippen LogP contribution in [0.1, 0.15) is 11.3 Å². The molecule has 33 heavy (non-hydrogen) atoms. The largest absolute Gasteiger partial charge is 0.497 e. The summed E-state index contributed by atoms with van der Waals surface area (Å²) in [6, 6.07) is 19.8. The number of pyridine rings is 1. The summed E-state index contributed by atoms with van der Waals surface area (Å²) >= 11 is 0. The molecule has 7 nitrogen and oxygen atoms in total. The fraction of sp³-hybridized carbons (Fsp3) is 0.192. The Bertz CT molecular complexity index is 1470. The van der Waals surface area contributed by atoms with Gasteiger partial charge in [0.25, 0.3) is 5.56 Å². The second kappa shape index (κ2) is 8.88. The average molecular weight is 441 g/mol. The van der Waals surface area contributed by atoms with E-state index < -0.39 is 0 Å². The Balaban J connectivity index is 1.55. The minimum Gasteiger partial charge on any atom is -0.497 e. The summed E-state index contributed by atoms with van der Waals surface area (Å²) in [5, 5.41) is 5.29. The molecule has 3 heterocycles. The Kier molecular flexibility index (Phi) is 5.62. The molecule has 2 aromatic carbocycles. The van der Waals surface area contributed by atoms with E-state index in [1.54, 1.807) is 29.5 Å². The third-order valence-electron chi connectivity index (χ3n) is 5.80. The molecule has 0 fully saturated rings. The minimum atomic E-state index is -0.0829. The highest BCUT2D eigenvalue weighted by Gasteiger charge is 2.18. The molecule has 7 heteroatoms. The van der Waals surface area contributed by atoms with Crippen molar-refractivity contribution in [1.82, 2.24) is 19.2 Å². The van der Waals surface area contributed by atoms with Crippen molar-refractivity contribution in [3.63, 3.8) is 0 Å². The van der Waals surface area contributed by atoms with Crippen LogP contribution in [-0.2, 0) is 24.3 Å². The van der Waals surface area contributed by atoms with E-state index in [0.717, 1.165) is 40.1 Å². The monoisotopic (exact) mass is 440 g/mol. The average Bonchev–Trinajstić information content (AvgIpc) is 3.23. The molecule has 0 atom stereocenters. The van der Waals surface area contributed by atoms with Gasteiger partial charge in [-0.05, 0) is 35.7 Å². The highest BCUT2D eigenvalue weighted by Crippen LogP contribution is 2.29. The zero-order chi connectivity index (χ0) is 22.8. The van der Waals surface area contributed by atoms with Gasteiger partial charge < -0.3 is 14.0 Å². The summed E-state index contributed by atoms with van der Waals surface area (Å²) in [6.07, 6.45) is 4.22. The van der Waals surface area contributed by atoms with Gasteiger partial charge in [0.05, 0.1) is 35.9 Å². The molecule has 0 aliphatic heterocycles. The van der Waals surface area contributed by atoms with Crippen LogP contribution in [0.2, 0.25) is 0 Å². The predicted octanol–water partition coefficient (Wildman–Crippen LogP) is 4.11. The van der Waals surface area contributed by atoms with Gasteiger partial charge >= 0.3 is 0 Å². The van der Waals surface area contributed by atoms with Crippen LogP contribution >= 0.6 is 0 Å². The van der Waals surface area contributed by atoms with E-state index in [-0.39, 0.29) is 5.56 Å². The number of ether oxygens (including phenoxy) is 2. The standard InChI is InChI=1S/C26H24N4O3/c1-32-17-22-24(19-6-4-3-5-7-19)25-27-16-21-23(30(25)28-22)13-15-29(26(21)31)14-12-18-8-10-20(33-2)11-9-18/h3-11,13,15-16H,12,14,17H2,1-2H3. The molecule has 166 valence electrons. The number of fused-ring (bicyclic) bond motifs is 3. The lowest BCUT2D eigenvalue weighted by atomic mass is 10.1. The fourth-order valence-corrected chi connectivity index (χ4v) is 4.11. The van der Waals surface area contributed by atoms with E-state index in [9.17, 15) is 4.79 Å². The van der Waals surface area contributed by atoms with Crippen molar-refractivity contribution in [2.75, 3.05) is 14.2 Å². The van der Waals surface area contributed by atoms with Crippen LogP contribution in [-0.4, -0.2) is 33.4 Å². The van der Waals surface area contributed by atoms with E-state index in [1.807, 2.05) is 66.9 Å². The number of nitrogens with zero attached hydrogens (tertiary/aromatic N) is 4. The maximum atomic E-state index is 13.2. The zero-order valence-corrected chi connectivity index (χ0v) is 18.6. The summed E-state index contributed by atoms with van der Waals surface area (Å²) < 4.78 is 14.1. The number of aromatic nitrogens is 4. The lowest BCUT2D eigenvalue weighted by Gasteiger charge is -2.09. The first kappa shape index (κ1) is 20.9. The van der Waals surface area contributed by atoms with Crippen LogP contribution in [0, 0.1) is 0 Å². The van der Waals surface area contributed by atoms with E-state index in [1.165, 1.54) is 0 Å². The summed E-state index contributed by atoms with van der Waals surface area (Å²) in [5.74, 6) is 0.818. The number of hydrogen-bond acceptors (Lipinski definition) is 5. The van der Waals surface area contributed by atoms with Gasteiger partial charge in [-0.2, -0.15) is 5.10 Å². The second-order valence-electron chi connectivity index (χ2n) is 7.83. The Labute approximate surface area is 190 Å². The predicted molar refractivity (Wildman–Crippen MR) is 128 cm³/mol. The van der Waals surface area contributed by atoms with E-state index in [2.05, 4.69) is 4.98 Å². The van der Waals surface area contributed by atoms with Crippen molar-refractivity contribution in [3.05, 3.63) is 94.7 Å². The quantitative estimate of drug-likeness (QED) is 0.381. The van der Waals surface area contributed by atoms with Crippen molar-refractivity contribution in [2.24, 2.45) is 0 Å². The van der Waals surface area contributed by atoms with E-state index >= 15 is 0 Å².